The lowest BCUT2D eigenvalue weighted by Gasteiger charge is -2.25. The number of carboxylic acids is 1. The van der Waals surface area contributed by atoms with Crippen molar-refractivity contribution in [1.29, 1.82) is 0 Å². The molecule has 7 N–H and O–H groups in total. The first-order valence-electron chi connectivity index (χ1n) is 17.5. The molecule has 0 spiro atoms. The van der Waals surface area contributed by atoms with Gasteiger partial charge in [-0.1, -0.05) is 6.07 Å². The van der Waals surface area contributed by atoms with Crippen molar-refractivity contribution < 1.29 is 56.1 Å². The second-order valence-corrected chi connectivity index (χ2v) is 13.7. The monoisotopic (exact) mass is 796 g/mol. The van der Waals surface area contributed by atoms with Gasteiger partial charge in [-0.25, -0.2) is 4.39 Å². The van der Waals surface area contributed by atoms with E-state index in [0.717, 1.165) is 12.1 Å². The summed E-state index contributed by atoms with van der Waals surface area (Å²) in [6.45, 7) is 0.556. The Morgan fingerprint density at radius 1 is 0.842 bits per heavy atom. The summed E-state index contributed by atoms with van der Waals surface area (Å²) < 4.78 is 70.7. The number of alkyl halides is 3. The minimum absolute atomic E-state index is 0.0229. The van der Waals surface area contributed by atoms with Crippen molar-refractivity contribution in [3.63, 3.8) is 0 Å². The van der Waals surface area contributed by atoms with Crippen molar-refractivity contribution in [1.82, 2.24) is 15.3 Å². The van der Waals surface area contributed by atoms with Crippen LogP contribution in [0, 0.1) is 16.6 Å². The van der Waals surface area contributed by atoms with Gasteiger partial charge in [0.25, 0.3) is 0 Å². The molecule has 2 aromatic carbocycles. The molecule has 302 valence electrons. The van der Waals surface area contributed by atoms with Crippen molar-refractivity contribution in [3.05, 3.63) is 101 Å². The molecule has 18 heteroatoms. The molecule has 0 radical (unpaired) electrons. The molecule has 57 heavy (non-hydrogen) atoms. The Morgan fingerprint density at radius 3 is 1.91 bits per heavy atom. The molecule has 0 unspecified atom stereocenters. The number of ether oxygens (including phenoxy) is 3. The predicted octanol–water partition coefficient (Wildman–Crippen LogP) is 5.60. The number of hydrogen-bond donors (Lipinski definition) is 5. The van der Waals surface area contributed by atoms with Crippen molar-refractivity contribution >= 4 is 46.2 Å². The number of methoxy groups -OCH3 is 1. The van der Waals surface area contributed by atoms with E-state index >= 15 is 0 Å². The number of aliphatic carboxylic acids is 1. The molecule has 0 bridgehead atoms. The summed E-state index contributed by atoms with van der Waals surface area (Å²) in [5, 5.41) is 14.5. The van der Waals surface area contributed by atoms with Gasteiger partial charge in [-0.3, -0.25) is 29.1 Å². The van der Waals surface area contributed by atoms with Crippen LogP contribution in [0.2, 0.25) is 0 Å². The highest BCUT2D eigenvalue weighted by atomic mass is 19.4. The quantitative estimate of drug-likeness (QED) is 0.0824. The smallest absolute Gasteiger partial charge is 0.418 e. The lowest BCUT2D eigenvalue weighted by Crippen LogP contribution is -2.42. The Bertz CT molecular complexity index is 2120. The van der Waals surface area contributed by atoms with Gasteiger partial charge in [0.1, 0.15) is 17.0 Å². The maximum Gasteiger partial charge on any atom is 0.418 e. The number of halogens is 4. The van der Waals surface area contributed by atoms with Gasteiger partial charge in [-0.05, 0) is 55.3 Å². The topological polar surface area (TPSA) is 218 Å². The summed E-state index contributed by atoms with van der Waals surface area (Å²) >= 11 is 0. The van der Waals surface area contributed by atoms with Gasteiger partial charge in [0.05, 0.1) is 48.4 Å². The van der Waals surface area contributed by atoms with E-state index in [4.69, 9.17) is 25.7 Å². The molecule has 0 saturated carbocycles. The number of ketones is 2. The lowest BCUT2D eigenvalue weighted by atomic mass is 9.80. The van der Waals surface area contributed by atoms with Gasteiger partial charge in [0.2, 0.25) is 5.91 Å². The van der Waals surface area contributed by atoms with Crippen molar-refractivity contribution in [2.75, 3.05) is 50.3 Å². The van der Waals surface area contributed by atoms with Crippen molar-refractivity contribution in [2.45, 2.75) is 38.4 Å². The summed E-state index contributed by atoms with van der Waals surface area (Å²) in [6.07, 6.45) is 1.36. The first-order valence-corrected chi connectivity index (χ1v) is 17.5. The summed E-state index contributed by atoms with van der Waals surface area (Å²) in [7, 11) is 1.26. The van der Waals surface area contributed by atoms with Crippen LogP contribution in [0.15, 0.2) is 73.3 Å². The Hall–Kier alpha value is -6.14. The molecule has 1 amide bonds. The largest absolute Gasteiger partial charge is 0.497 e. The van der Waals surface area contributed by atoms with Gasteiger partial charge < -0.3 is 41.4 Å². The summed E-state index contributed by atoms with van der Waals surface area (Å²) in [5.74, 6) is -2.77. The van der Waals surface area contributed by atoms with E-state index in [1.807, 2.05) is 0 Å². The van der Waals surface area contributed by atoms with Crippen LogP contribution in [0.5, 0.6) is 5.75 Å². The van der Waals surface area contributed by atoms with Crippen LogP contribution in [0.1, 0.15) is 57.5 Å². The van der Waals surface area contributed by atoms with E-state index in [1.54, 1.807) is 0 Å². The molecule has 4 heterocycles. The zero-order chi connectivity index (χ0) is 41.4. The third kappa shape index (κ3) is 10.4. The first-order chi connectivity index (χ1) is 27.0. The second-order valence-electron chi connectivity index (χ2n) is 13.7. The number of Topliss-reactive ketones (excluding diaryl/α,β-unsaturated/α-hetero) is 2. The second kappa shape index (κ2) is 17.8. The maximum absolute atomic E-state index is 14.9. The number of carboxylic acid groups (broad SMARTS) is 1. The Morgan fingerprint density at radius 2 is 1.42 bits per heavy atom. The number of carbonyl (C=O) groups excluding carboxylic acids is 3. The normalized spacial score (nSPS) is 18.9. The Kier molecular flexibility index (Phi) is 13.1. The number of rotatable bonds is 13. The SMILES string of the molecule is COc1ccc(Nc2ccc(CNC(=O)[C@]3(CC(=O)c4cncc(N)c4)CCOC3)c(F)c2)c(C(F)(F)F)c1.Nc1cncc(C(=O)C[C@@]2(C(=O)O)CCOC2)c1. The number of nitrogens with zero attached hydrogens (tertiary/aromatic N) is 2. The van der Waals surface area contributed by atoms with E-state index in [0.29, 0.717) is 36.4 Å². The number of hydrogen-bond acceptors (Lipinski definition) is 12. The van der Waals surface area contributed by atoms with Gasteiger partial charge in [0, 0.05) is 79.8 Å². The van der Waals surface area contributed by atoms with Gasteiger partial charge in [0.15, 0.2) is 11.6 Å². The maximum atomic E-state index is 14.9. The number of nitrogen functional groups attached to an aromatic ring is 2. The standard InChI is InChI=1S/C27H26F4N4O4.C12H14N2O4/c1-38-20-4-5-23(21(10-20)27(29,30)31)35-19-3-2-16(22(28)9-19)13-34-25(37)26(6-7-39-15-26)11-24(36)17-8-18(32)14-33-12-17;13-9-3-8(5-14-6-9)10(15)4-12(11(16)17)1-2-18-7-12/h2-5,8-10,12,14,35H,6-7,11,13,15,32H2,1H3,(H,34,37);3,5-6H,1-2,4,7,13H2,(H,16,17)/t26-;12-/m00/s1. The fourth-order valence-electron chi connectivity index (χ4n) is 6.32. The summed E-state index contributed by atoms with van der Waals surface area (Å²) in [6, 6.07) is 10.2. The fourth-order valence-corrected chi connectivity index (χ4v) is 6.32. The van der Waals surface area contributed by atoms with Crippen LogP contribution in [0.4, 0.5) is 40.3 Å². The third-order valence-corrected chi connectivity index (χ3v) is 9.61. The summed E-state index contributed by atoms with van der Waals surface area (Å²) in [4.78, 5) is 57.0. The molecular formula is C39H40F4N6O8. The minimum atomic E-state index is -4.66. The molecular weight excluding hydrogens is 756 g/mol. The number of nitrogens with two attached hydrogens (primary N) is 2. The number of amides is 1. The van der Waals surface area contributed by atoms with Crippen LogP contribution in [-0.4, -0.2) is 72.1 Å². The van der Waals surface area contributed by atoms with E-state index in [-0.39, 0.29) is 79.0 Å². The van der Waals surface area contributed by atoms with Crippen molar-refractivity contribution in [3.8, 4) is 5.75 Å². The highest BCUT2D eigenvalue weighted by molar-refractivity contribution is 6.00. The van der Waals surface area contributed by atoms with E-state index in [9.17, 15) is 41.8 Å². The van der Waals surface area contributed by atoms with Crippen LogP contribution < -0.4 is 26.8 Å². The minimum Gasteiger partial charge on any atom is -0.497 e. The van der Waals surface area contributed by atoms with E-state index < -0.39 is 40.3 Å². The number of anilines is 4. The number of pyridine rings is 2. The average Bonchev–Trinajstić information content (AvgIpc) is 3.86. The van der Waals surface area contributed by atoms with Crippen LogP contribution in [-0.2, 0) is 31.8 Å². The van der Waals surface area contributed by atoms with E-state index in [2.05, 4.69) is 20.6 Å². The molecule has 6 rings (SSSR count). The number of nitrogens with one attached hydrogen (secondary N) is 2. The average molecular weight is 797 g/mol. The molecule has 2 fully saturated rings. The number of carbonyl (C=O) groups is 4. The highest BCUT2D eigenvalue weighted by Gasteiger charge is 2.45. The molecule has 2 saturated heterocycles. The van der Waals surface area contributed by atoms with Gasteiger partial charge >= 0.3 is 12.1 Å². The third-order valence-electron chi connectivity index (χ3n) is 9.61. The van der Waals surface area contributed by atoms with Crippen LogP contribution in [0.3, 0.4) is 0 Å². The van der Waals surface area contributed by atoms with Crippen LogP contribution >= 0.6 is 0 Å². The molecule has 14 nitrogen and oxygen atoms in total. The molecule has 0 aliphatic carbocycles. The zero-order valence-corrected chi connectivity index (χ0v) is 30.7. The first kappa shape index (κ1) is 42.0. The molecule has 2 aliphatic heterocycles. The Labute approximate surface area is 323 Å². The highest BCUT2D eigenvalue weighted by Crippen LogP contribution is 2.39. The number of aromatic nitrogens is 2. The molecule has 4 aromatic rings. The Balaban J connectivity index is 0.000000287. The lowest BCUT2D eigenvalue weighted by molar-refractivity contribution is -0.148. The van der Waals surface area contributed by atoms with Gasteiger partial charge in [-0.15, -0.1) is 0 Å². The van der Waals surface area contributed by atoms with Crippen molar-refractivity contribution in [2.24, 2.45) is 10.8 Å². The van der Waals surface area contributed by atoms with E-state index in [1.165, 1.54) is 68.3 Å². The van der Waals surface area contributed by atoms with Gasteiger partial charge in [-0.2, -0.15) is 13.2 Å². The molecule has 2 aliphatic rings. The fraction of sp³-hybridized carbons (Fsp3) is 0.333. The molecule has 2 aromatic heterocycles. The number of benzene rings is 2. The van der Waals surface area contributed by atoms with Crippen LogP contribution in [0.25, 0.3) is 0 Å². The zero-order valence-electron chi connectivity index (χ0n) is 30.7. The predicted molar refractivity (Wildman–Crippen MR) is 198 cm³/mol. The summed E-state index contributed by atoms with van der Waals surface area (Å²) in [5.41, 5.74) is 9.26. The molecule has 2 atom stereocenters.